The molecule has 2 rings (SSSR count). The Morgan fingerprint density at radius 2 is 2.11 bits per heavy atom. The Balaban J connectivity index is 2.38. The summed E-state index contributed by atoms with van der Waals surface area (Å²) in [4.78, 5) is 0. The Morgan fingerprint density at radius 3 is 2.72 bits per heavy atom. The van der Waals surface area contributed by atoms with Crippen LogP contribution in [0.5, 0.6) is 0 Å². The highest BCUT2D eigenvalue weighted by Crippen LogP contribution is 2.40. The summed E-state index contributed by atoms with van der Waals surface area (Å²) in [7, 11) is 0. The first-order valence-electron chi connectivity index (χ1n) is 6.12. The van der Waals surface area contributed by atoms with Gasteiger partial charge in [0.15, 0.2) is 0 Å². The maximum Gasteiger partial charge on any atom is 0.0946 e. The zero-order chi connectivity index (χ0) is 13.4. The highest BCUT2D eigenvalue weighted by molar-refractivity contribution is 6.39. The number of benzene rings is 1. The summed E-state index contributed by atoms with van der Waals surface area (Å²) in [5.41, 5.74) is 7.93. The molecule has 0 radical (unpaired) electrons. The van der Waals surface area contributed by atoms with Crippen molar-refractivity contribution in [3.05, 3.63) is 27.2 Å². The van der Waals surface area contributed by atoms with E-state index in [9.17, 15) is 5.11 Å². The minimum Gasteiger partial charge on any atom is -0.396 e. The number of halogens is 2. The largest absolute Gasteiger partial charge is 0.396 e. The average molecular weight is 289 g/mol. The van der Waals surface area contributed by atoms with Gasteiger partial charge in [-0.1, -0.05) is 37.0 Å². The van der Waals surface area contributed by atoms with E-state index in [1.807, 2.05) is 0 Å². The van der Waals surface area contributed by atoms with Crippen molar-refractivity contribution in [1.82, 2.24) is 5.32 Å². The number of nitrogens with two attached hydrogens (primary N) is 1. The molecule has 1 aromatic rings. The van der Waals surface area contributed by atoms with Crippen molar-refractivity contribution in [3.63, 3.8) is 0 Å². The van der Waals surface area contributed by atoms with Gasteiger partial charge in [0, 0.05) is 12.1 Å². The Labute approximate surface area is 117 Å². The number of fused-ring (bicyclic) bond motifs is 1. The zero-order valence-electron chi connectivity index (χ0n) is 10.5. The summed E-state index contributed by atoms with van der Waals surface area (Å²) >= 11 is 12.2. The molecule has 3 nitrogen and oxygen atoms in total. The first-order chi connectivity index (χ1) is 8.41. The van der Waals surface area contributed by atoms with Crippen LogP contribution in [0, 0.1) is 0 Å². The molecule has 4 N–H and O–H groups in total. The number of aliphatic hydroxyl groups is 1. The fourth-order valence-corrected chi connectivity index (χ4v) is 3.06. The lowest BCUT2D eigenvalue weighted by Gasteiger charge is -2.33. The smallest absolute Gasteiger partial charge is 0.0946 e. The van der Waals surface area contributed by atoms with Crippen molar-refractivity contribution in [2.24, 2.45) is 0 Å². The summed E-state index contributed by atoms with van der Waals surface area (Å²) in [5, 5.41) is 14.6. The molecule has 0 heterocycles. The van der Waals surface area contributed by atoms with E-state index >= 15 is 0 Å². The number of anilines is 1. The number of rotatable bonds is 2. The van der Waals surface area contributed by atoms with E-state index < -0.39 is 6.10 Å². The molecule has 0 aliphatic heterocycles. The van der Waals surface area contributed by atoms with Gasteiger partial charge in [0.1, 0.15) is 0 Å². The number of aliphatic hydroxyl groups excluding tert-OH is 1. The SMILES string of the molecule is CC(C)NC1CCc2c(cc(Cl)c(N)c2Cl)C1O. The van der Waals surface area contributed by atoms with Crippen molar-refractivity contribution >= 4 is 28.9 Å². The van der Waals surface area contributed by atoms with Gasteiger partial charge in [-0.25, -0.2) is 0 Å². The number of hydrogen-bond acceptors (Lipinski definition) is 3. The Bertz CT molecular complexity index is 463. The van der Waals surface area contributed by atoms with E-state index in [2.05, 4.69) is 19.2 Å². The molecule has 1 aliphatic rings. The van der Waals surface area contributed by atoms with Crippen molar-refractivity contribution in [3.8, 4) is 0 Å². The van der Waals surface area contributed by atoms with Crippen LogP contribution >= 0.6 is 23.2 Å². The van der Waals surface area contributed by atoms with Gasteiger partial charge < -0.3 is 16.2 Å². The van der Waals surface area contributed by atoms with Crippen LogP contribution in [0.2, 0.25) is 10.0 Å². The normalized spacial score (nSPS) is 23.2. The predicted octanol–water partition coefficient (Wildman–Crippen LogP) is 2.92. The van der Waals surface area contributed by atoms with Crippen LogP contribution in [0.3, 0.4) is 0 Å². The van der Waals surface area contributed by atoms with Crippen LogP contribution in [0.25, 0.3) is 0 Å². The van der Waals surface area contributed by atoms with E-state index in [1.165, 1.54) is 0 Å². The molecule has 0 fully saturated rings. The lowest BCUT2D eigenvalue weighted by molar-refractivity contribution is 0.110. The number of nitrogens with one attached hydrogen (secondary N) is 1. The molecule has 0 saturated heterocycles. The van der Waals surface area contributed by atoms with Crippen LogP contribution in [0.4, 0.5) is 5.69 Å². The first kappa shape index (κ1) is 13.9. The molecule has 2 atom stereocenters. The van der Waals surface area contributed by atoms with E-state index in [-0.39, 0.29) is 6.04 Å². The molecule has 0 amide bonds. The third-order valence-electron chi connectivity index (χ3n) is 3.34. The van der Waals surface area contributed by atoms with Gasteiger partial charge in [0.2, 0.25) is 0 Å². The highest BCUT2D eigenvalue weighted by atomic mass is 35.5. The average Bonchev–Trinajstić information content (AvgIpc) is 2.30. The zero-order valence-corrected chi connectivity index (χ0v) is 12.0. The summed E-state index contributed by atoms with van der Waals surface area (Å²) in [6.07, 6.45) is 1.05. The van der Waals surface area contributed by atoms with Crippen LogP contribution in [0.15, 0.2) is 6.07 Å². The summed E-state index contributed by atoms with van der Waals surface area (Å²) in [6.45, 7) is 4.12. The van der Waals surface area contributed by atoms with Crippen LogP contribution in [-0.2, 0) is 6.42 Å². The van der Waals surface area contributed by atoms with Gasteiger partial charge in [-0.05, 0) is 30.0 Å². The summed E-state index contributed by atoms with van der Waals surface area (Å²) < 4.78 is 0. The van der Waals surface area contributed by atoms with Gasteiger partial charge >= 0.3 is 0 Å². The summed E-state index contributed by atoms with van der Waals surface area (Å²) in [5.74, 6) is 0. The van der Waals surface area contributed by atoms with Gasteiger partial charge in [-0.15, -0.1) is 0 Å². The second-order valence-electron chi connectivity index (χ2n) is 5.07. The molecule has 1 aliphatic carbocycles. The maximum atomic E-state index is 10.4. The Kier molecular flexibility index (Phi) is 4.07. The fraction of sp³-hybridized carbons (Fsp3) is 0.538. The molecule has 100 valence electrons. The van der Waals surface area contributed by atoms with Crippen LogP contribution in [0.1, 0.15) is 37.5 Å². The minimum absolute atomic E-state index is 0.0354. The monoisotopic (exact) mass is 288 g/mol. The standard InChI is InChI=1S/C13H18Cl2N2O/c1-6(2)17-10-4-3-7-8(13(10)18)5-9(14)12(16)11(7)15/h5-6,10,13,17-18H,3-4,16H2,1-2H3. The minimum atomic E-state index is -0.591. The van der Waals surface area contributed by atoms with Crippen molar-refractivity contribution < 1.29 is 5.11 Å². The van der Waals surface area contributed by atoms with Crippen molar-refractivity contribution in [1.29, 1.82) is 0 Å². The predicted molar refractivity (Wildman–Crippen MR) is 76.2 cm³/mol. The van der Waals surface area contributed by atoms with Crippen LogP contribution < -0.4 is 11.1 Å². The van der Waals surface area contributed by atoms with Gasteiger partial charge in [-0.2, -0.15) is 0 Å². The second-order valence-corrected chi connectivity index (χ2v) is 5.85. The first-order valence-corrected chi connectivity index (χ1v) is 6.87. The summed E-state index contributed by atoms with van der Waals surface area (Å²) in [6, 6.07) is 2.09. The van der Waals surface area contributed by atoms with E-state index in [4.69, 9.17) is 28.9 Å². The Hall–Kier alpha value is -0.480. The maximum absolute atomic E-state index is 10.4. The molecule has 1 aromatic carbocycles. The molecule has 0 bridgehead atoms. The molecular weight excluding hydrogens is 271 g/mol. The molecular formula is C13H18Cl2N2O. The second kappa shape index (κ2) is 5.25. The molecule has 0 spiro atoms. The quantitative estimate of drug-likeness (QED) is 0.734. The molecule has 5 heteroatoms. The van der Waals surface area contributed by atoms with E-state index in [0.29, 0.717) is 21.8 Å². The van der Waals surface area contributed by atoms with E-state index in [0.717, 1.165) is 24.0 Å². The lowest BCUT2D eigenvalue weighted by atomic mass is 9.85. The topological polar surface area (TPSA) is 58.3 Å². The molecule has 0 saturated carbocycles. The molecule has 2 unspecified atom stereocenters. The van der Waals surface area contributed by atoms with Crippen molar-refractivity contribution in [2.75, 3.05) is 5.73 Å². The lowest BCUT2D eigenvalue weighted by Crippen LogP contribution is -2.42. The van der Waals surface area contributed by atoms with Crippen molar-refractivity contribution in [2.45, 2.75) is 44.9 Å². The third kappa shape index (κ3) is 2.45. The molecule has 0 aromatic heterocycles. The third-order valence-corrected chi connectivity index (χ3v) is 4.09. The van der Waals surface area contributed by atoms with Gasteiger partial charge in [0.05, 0.1) is 21.8 Å². The molecule has 18 heavy (non-hydrogen) atoms. The number of hydrogen-bond donors (Lipinski definition) is 3. The van der Waals surface area contributed by atoms with Gasteiger partial charge in [0.25, 0.3) is 0 Å². The Morgan fingerprint density at radius 1 is 1.44 bits per heavy atom. The highest BCUT2D eigenvalue weighted by Gasteiger charge is 2.30. The van der Waals surface area contributed by atoms with Gasteiger partial charge in [-0.3, -0.25) is 0 Å². The van der Waals surface area contributed by atoms with E-state index in [1.54, 1.807) is 6.07 Å². The fourth-order valence-electron chi connectivity index (χ4n) is 2.49. The van der Waals surface area contributed by atoms with Crippen LogP contribution in [-0.4, -0.2) is 17.2 Å². The number of nitrogen functional groups attached to an aromatic ring is 1.